The van der Waals surface area contributed by atoms with Gasteiger partial charge < -0.3 is 16.4 Å². The summed E-state index contributed by atoms with van der Waals surface area (Å²) in [5.74, 6) is 0.354. The molecule has 0 radical (unpaired) electrons. The molecular weight excluding hydrogens is 178 g/mol. The Bertz CT molecular complexity index is 176. The fraction of sp³-hybridized carbons (Fsp3) is 0.900. The van der Waals surface area contributed by atoms with Crippen LogP contribution in [0.25, 0.3) is 0 Å². The first-order valence-corrected chi connectivity index (χ1v) is 5.43. The number of amides is 1. The molecule has 1 heterocycles. The Labute approximate surface area is 85.6 Å². The van der Waals surface area contributed by atoms with E-state index in [1.54, 1.807) is 0 Å². The minimum atomic E-state index is -0.162. The van der Waals surface area contributed by atoms with Crippen molar-refractivity contribution in [3.63, 3.8) is 0 Å². The number of hydrogen-bond donors (Lipinski definition) is 2. The molecule has 82 valence electrons. The molecule has 0 aromatic heterocycles. The zero-order chi connectivity index (χ0) is 10.4. The summed E-state index contributed by atoms with van der Waals surface area (Å²) >= 11 is 0. The number of carbonyl (C=O) groups is 1. The van der Waals surface area contributed by atoms with E-state index >= 15 is 0 Å². The Morgan fingerprint density at radius 2 is 2.00 bits per heavy atom. The maximum atomic E-state index is 10.7. The summed E-state index contributed by atoms with van der Waals surface area (Å²) in [5, 5.41) is 0. The number of primary amides is 1. The van der Waals surface area contributed by atoms with Gasteiger partial charge in [-0.2, -0.15) is 0 Å². The third-order valence-electron chi connectivity index (χ3n) is 2.88. The van der Waals surface area contributed by atoms with Gasteiger partial charge in [0.05, 0.1) is 0 Å². The van der Waals surface area contributed by atoms with Crippen LogP contribution in [0.15, 0.2) is 0 Å². The summed E-state index contributed by atoms with van der Waals surface area (Å²) in [6.07, 6.45) is 3.84. The van der Waals surface area contributed by atoms with Gasteiger partial charge in [-0.25, -0.2) is 0 Å². The van der Waals surface area contributed by atoms with Crippen LogP contribution < -0.4 is 11.5 Å². The first-order chi connectivity index (χ1) is 6.72. The van der Waals surface area contributed by atoms with Crippen molar-refractivity contribution in [1.82, 2.24) is 4.90 Å². The normalized spacial score (nSPS) is 19.8. The number of nitrogens with two attached hydrogens (primary N) is 2. The summed E-state index contributed by atoms with van der Waals surface area (Å²) in [5.41, 5.74) is 10.6. The van der Waals surface area contributed by atoms with Gasteiger partial charge in [0, 0.05) is 6.42 Å². The SMILES string of the molecule is NCCCN1CCC(CC(N)=O)CC1. The number of carbonyl (C=O) groups excluding carboxylic acids is 1. The van der Waals surface area contributed by atoms with Crippen molar-refractivity contribution in [3.05, 3.63) is 0 Å². The van der Waals surface area contributed by atoms with Gasteiger partial charge in [-0.3, -0.25) is 4.79 Å². The topological polar surface area (TPSA) is 72.3 Å². The lowest BCUT2D eigenvalue weighted by atomic mass is 9.93. The lowest BCUT2D eigenvalue weighted by Gasteiger charge is -2.31. The number of nitrogens with zero attached hydrogens (tertiary/aromatic N) is 1. The van der Waals surface area contributed by atoms with E-state index in [9.17, 15) is 4.79 Å². The average Bonchev–Trinajstić information content (AvgIpc) is 2.16. The number of likely N-dealkylation sites (tertiary alicyclic amines) is 1. The van der Waals surface area contributed by atoms with Gasteiger partial charge in [-0.05, 0) is 51.4 Å². The summed E-state index contributed by atoms with van der Waals surface area (Å²) in [4.78, 5) is 13.1. The van der Waals surface area contributed by atoms with Gasteiger partial charge in [0.15, 0.2) is 0 Å². The van der Waals surface area contributed by atoms with Gasteiger partial charge in [0.2, 0.25) is 5.91 Å². The van der Waals surface area contributed by atoms with Crippen molar-refractivity contribution in [2.45, 2.75) is 25.7 Å². The predicted molar refractivity (Wildman–Crippen MR) is 56.6 cm³/mol. The quantitative estimate of drug-likeness (QED) is 0.650. The molecule has 0 aliphatic carbocycles. The highest BCUT2D eigenvalue weighted by Crippen LogP contribution is 2.19. The maximum Gasteiger partial charge on any atom is 0.217 e. The van der Waals surface area contributed by atoms with Crippen molar-refractivity contribution >= 4 is 5.91 Å². The molecule has 1 amide bonds. The summed E-state index contributed by atoms with van der Waals surface area (Å²) in [6, 6.07) is 0. The van der Waals surface area contributed by atoms with Gasteiger partial charge in [-0.1, -0.05) is 0 Å². The molecule has 4 N–H and O–H groups in total. The van der Waals surface area contributed by atoms with Crippen LogP contribution in [0.2, 0.25) is 0 Å². The minimum absolute atomic E-state index is 0.162. The molecule has 0 atom stereocenters. The van der Waals surface area contributed by atoms with Crippen LogP contribution >= 0.6 is 0 Å². The highest BCUT2D eigenvalue weighted by atomic mass is 16.1. The van der Waals surface area contributed by atoms with Gasteiger partial charge >= 0.3 is 0 Å². The predicted octanol–water partition coefficient (Wildman–Crippen LogP) is -0.0774. The van der Waals surface area contributed by atoms with Gasteiger partial charge in [0.25, 0.3) is 0 Å². The standard InChI is InChI=1S/C10H21N3O/c11-4-1-5-13-6-2-9(3-7-13)8-10(12)14/h9H,1-8,11H2,(H2,12,14). The monoisotopic (exact) mass is 199 g/mol. The number of hydrogen-bond acceptors (Lipinski definition) is 3. The number of rotatable bonds is 5. The lowest BCUT2D eigenvalue weighted by Crippen LogP contribution is -2.36. The molecule has 0 bridgehead atoms. The molecule has 1 aliphatic rings. The molecule has 0 unspecified atom stereocenters. The van der Waals surface area contributed by atoms with E-state index in [1.165, 1.54) is 0 Å². The second kappa shape index (κ2) is 5.98. The molecule has 1 fully saturated rings. The van der Waals surface area contributed by atoms with Crippen molar-refractivity contribution in [2.75, 3.05) is 26.2 Å². The van der Waals surface area contributed by atoms with Crippen LogP contribution in [0.1, 0.15) is 25.7 Å². The van der Waals surface area contributed by atoms with E-state index in [0.29, 0.717) is 12.3 Å². The van der Waals surface area contributed by atoms with E-state index in [4.69, 9.17) is 11.5 Å². The Morgan fingerprint density at radius 3 is 2.50 bits per heavy atom. The third kappa shape index (κ3) is 4.07. The second-order valence-corrected chi connectivity index (χ2v) is 4.10. The van der Waals surface area contributed by atoms with Crippen molar-refractivity contribution in [1.29, 1.82) is 0 Å². The molecule has 0 aromatic rings. The highest BCUT2D eigenvalue weighted by molar-refractivity contribution is 5.73. The second-order valence-electron chi connectivity index (χ2n) is 4.10. The van der Waals surface area contributed by atoms with E-state index < -0.39 is 0 Å². The van der Waals surface area contributed by atoms with E-state index in [-0.39, 0.29) is 5.91 Å². The van der Waals surface area contributed by atoms with E-state index in [2.05, 4.69) is 4.90 Å². The van der Waals surface area contributed by atoms with E-state index in [0.717, 1.165) is 45.4 Å². The largest absolute Gasteiger partial charge is 0.370 e. The Hall–Kier alpha value is -0.610. The van der Waals surface area contributed by atoms with Crippen LogP contribution in [0.3, 0.4) is 0 Å². The van der Waals surface area contributed by atoms with Gasteiger partial charge in [-0.15, -0.1) is 0 Å². The summed E-state index contributed by atoms with van der Waals surface area (Å²) in [6.45, 7) is 4.05. The molecule has 1 saturated heterocycles. The zero-order valence-corrected chi connectivity index (χ0v) is 8.74. The third-order valence-corrected chi connectivity index (χ3v) is 2.88. The highest BCUT2D eigenvalue weighted by Gasteiger charge is 2.19. The minimum Gasteiger partial charge on any atom is -0.370 e. The fourth-order valence-corrected chi connectivity index (χ4v) is 2.01. The van der Waals surface area contributed by atoms with Crippen molar-refractivity contribution in [3.8, 4) is 0 Å². The van der Waals surface area contributed by atoms with Crippen LogP contribution in [0, 0.1) is 5.92 Å². The molecule has 14 heavy (non-hydrogen) atoms. The lowest BCUT2D eigenvalue weighted by molar-refractivity contribution is -0.119. The zero-order valence-electron chi connectivity index (χ0n) is 8.74. The fourth-order valence-electron chi connectivity index (χ4n) is 2.01. The van der Waals surface area contributed by atoms with Crippen LogP contribution in [-0.4, -0.2) is 37.0 Å². The van der Waals surface area contributed by atoms with Crippen molar-refractivity contribution in [2.24, 2.45) is 17.4 Å². The maximum absolute atomic E-state index is 10.7. The molecule has 4 nitrogen and oxygen atoms in total. The molecular formula is C10H21N3O. The first kappa shape index (κ1) is 11.5. The molecule has 1 rings (SSSR count). The van der Waals surface area contributed by atoms with Crippen LogP contribution in [-0.2, 0) is 4.79 Å². The van der Waals surface area contributed by atoms with Gasteiger partial charge in [0.1, 0.15) is 0 Å². The smallest absolute Gasteiger partial charge is 0.217 e. The number of piperidine rings is 1. The Morgan fingerprint density at radius 1 is 1.36 bits per heavy atom. The summed E-state index contributed by atoms with van der Waals surface area (Å²) in [7, 11) is 0. The molecule has 4 heteroatoms. The molecule has 0 spiro atoms. The van der Waals surface area contributed by atoms with E-state index in [1.807, 2.05) is 0 Å². The summed E-state index contributed by atoms with van der Waals surface area (Å²) < 4.78 is 0. The molecule has 0 saturated carbocycles. The first-order valence-electron chi connectivity index (χ1n) is 5.43. The Balaban J connectivity index is 2.14. The van der Waals surface area contributed by atoms with Crippen LogP contribution in [0.5, 0.6) is 0 Å². The van der Waals surface area contributed by atoms with Crippen LogP contribution in [0.4, 0.5) is 0 Å². The average molecular weight is 199 g/mol. The molecule has 1 aliphatic heterocycles. The van der Waals surface area contributed by atoms with Crippen molar-refractivity contribution < 1.29 is 4.79 Å². The molecule has 0 aromatic carbocycles. The Kier molecular flexibility index (Phi) is 4.90.